The molecule has 0 aliphatic rings. The van der Waals surface area contributed by atoms with Gasteiger partial charge in [0.25, 0.3) is 0 Å². The van der Waals surface area contributed by atoms with Gasteiger partial charge in [-0.2, -0.15) is 0 Å². The maximum atomic E-state index is 11.9. The van der Waals surface area contributed by atoms with E-state index in [0.717, 1.165) is 5.56 Å². The third-order valence-electron chi connectivity index (χ3n) is 2.87. The minimum absolute atomic E-state index is 0.0450. The van der Waals surface area contributed by atoms with Crippen LogP contribution in [-0.4, -0.2) is 31.9 Å². The van der Waals surface area contributed by atoms with Crippen molar-refractivity contribution in [3.63, 3.8) is 0 Å². The van der Waals surface area contributed by atoms with E-state index >= 15 is 0 Å². The van der Waals surface area contributed by atoms with Crippen LogP contribution in [0.15, 0.2) is 42.1 Å². The topological polar surface area (TPSA) is 72.7 Å². The van der Waals surface area contributed by atoms with Crippen molar-refractivity contribution in [2.75, 3.05) is 5.75 Å². The van der Waals surface area contributed by atoms with Crippen molar-refractivity contribution in [2.24, 2.45) is 0 Å². The minimum atomic E-state index is -0.0450. The van der Waals surface area contributed by atoms with Crippen LogP contribution in [0, 0.1) is 6.92 Å². The number of hydrogen-bond donors (Lipinski definition) is 1. The second-order valence-electron chi connectivity index (χ2n) is 4.42. The highest BCUT2D eigenvalue weighted by molar-refractivity contribution is 7.99. The molecular formula is C14H17N5OS. The molecule has 2 rings (SSSR count). The standard InChI is InChI=1S/C14H17N5OS/c1-3-8-19-14(16-17-18-19)21-10-13(20)15-9-12-7-5-4-6-11(12)2/h3-7H,1,8-10H2,2H3,(H,15,20). The van der Waals surface area contributed by atoms with Gasteiger partial charge < -0.3 is 5.32 Å². The average molecular weight is 303 g/mol. The molecule has 0 unspecified atom stereocenters. The van der Waals surface area contributed by atoms with Gasteiger partial charge in [0.15, 0.2) is 0 Å². The van der Waals surface area contributed by atoms with Gasteiger partial charge in [-0.3, -0.25) is 4.79 Å². The molecule has 0 radical (unpaired) electrons. The summed E-state index contributed by atoms with van der Waals surface area (Å²) >= 11 is 1.31. The molecule has 1 aromatic heterocycles. The first-order valence-electron chi connectivity index (χ1n) is 6.51. The Hall–Kier alpha value is -2.15. The number of carbonyl (C=O) groups is 1. The number of thioether (sulfide) groups is 1. The van der Waals surface area contributed by atoms with Crippen LogP contribution in [0.2, 0.25) is 0 Å². The molecule has 1 N–H and O–H groups in total. The SMILES string of the molecule is C=CCn1nnnc1SCC(=O)NCc1ccccc1C. The quantitative estimate of drug-likeness (QED) is 0.621. The highest BCUT2D eigenvalue weighted by atomic mass is 32.2. The summed E-state index contributed by atoms with van der Waals surface area (Å²) in [6.45, 7) is 6.73. The number of allylic oxidation sites excluding steroid dienone is 1. The lowest BCUT2D eigenvalue weighted by atomic mass is 10.1. The molecule has 0 atom stereocenters. The van der Waals surface area contributed by atoms with E-state index in [1.54, 1.807) is 10.8 Å². The van der Waals surface area contributed by atoms with Crippen LogP contribution in [-0.2, 0) is 17.9 Å². The molecule has 1 amide bonds. The van der Waals surface area contributed by atoms with Crippen molar-refractivity contribution in [3.05, 3.63) is 48.0 Å². The molecule has 1 heterocycles. The lowest BCUT2D eigenvalue weighted by molar-refractivity contribution is -0.118. The van der Waals surface area contributed by atoms with E-state index in [9.17, 15) is 4.79 Å². The number of rotatable bonds is 7. The van der Waals surface area contributed by atoms with E-state index in [-0.39, 0.29) is 11.7 Å². The second kappa shape index (κ2) is 7.58. The summed E-state index contributed by atoms with van der Waals surface area (Å²) in [7, 11) is 0. The normalized spacial score (nSPS) is 10.3. The molecule has 0 saturated heterocycles. The van der Waals surface area contributed by atoms with E-state index in [1.807, 2.05) is 31.2 Å². The minimum Gasteiger partial charge on any atom is -0.351 e. The number of aryl methyl sites for hydroxylation is 1. The number of benzene rings is 1. The number of amides is 1. The van der Waals surface area contributed by atoms with Gasteiger partial charge in [-0.15, -0.1) is 11.7 Å². The van der Waals surface area contributed by atoms with E-state index in [0.29, 0.717) is 18.2 Å². The summed E-state index contributed by atoms with van der Waals surface area (Å²) < 4.78 is 1.60. The maximum Gasteiger partial charge on any atom is 0.230 e. The van der Waals surface area contributed by atoms with Gasteiger partial charge in [0, 0.05) is 6.54 Å². The van der Waals surface area contributed by atoms with Crippen molar-refractivity contribution in [3.8, 4) is 0 Å². The smallest absolute Gasteiger partial charge is 0.230 e. The molecule has 0 bridgehead atoms. The number of carbonyl (C=O) groups excluding carboxylic acids is 1. The third kappa shape index (κ3) is 4.42. The number of hydrogen-bond acceptors (Lipinski definition) is 5. The summed E-state index contributed by atoms with van der Waals surface area (Å²) in [6.07, 6.45) is 1.71. The Bertz CT molecular complexity index is 625. The fourth-order valence-corrected chi connectivity index (χ4v) is 2.44. The molecule has 6 nitrogen and oxygen atoms in total. The lowest BCUT2D eigenvalue weighted by Gasteiger charge is -2.07. The van der Waals surface area contributed by atoms with Crippen LogP contribution in [0.3, 0.4) is 0 Å². The Morgan fingerprint density at radius 1 is 1.48 bits per heavy atom. The Labute approximate surface area is 127 Å². The molecular weight excluding hydrogens is 286 g/mol. The summed E-state index contributed by atoms with van der Waals surface area (Å²) in [5.74, 6) is 0.236. The van der Waals surface area contributed by atoms with Gasteiger partial charge in [-0.05, 0) is 28.5 Å². The van der Waals surface area contributed by atoms with Crippen molar-refractivity contribution >= 4 is 17.7 Å². The van der Waals surface area contributed by atoms with Crippen LogP contribution in [0.1, 0.15) is 11.1 Å². The molecule has 1 aromatic carbocycles. The molecule has 7 heteroatoms. The zero-order valence-corrected chi connectivity index (χ0v) is 12.6. The predicted octanol–water partition coefficient (Wildman–Crippen LogP) is 1.58. The molecule has 110 valence electrons. The lowest BCUT2D eigenvalue weighted by Crippen LogP contribution is -2.25. The third-order valence-corrected chi connectivity index (χ3v) is 3.83. The zero-order chi connectivity index (χ0) is 15.1. The fourth-order valence-electron chi connectivity index (χ4n) is 1.72. The molecule has 0 spiro atoms. The second-order valence-corrected chi connectivity index (χ2v) is 5.37. The number of aromatic nitrogens is 4. The van der Waals surface area contributed by atoms with Crippen molar-refractivity contribution < 1.29 is 4.79 Å². The van der Waals surface area contributed by atoms with Gasteiger partial charge >= 0.3 is 0 Å². The predicted molar refractivity (Wildman–Crippen MR) is 81.8 cm³/mol. The first kappa shape index (κ1) is 15.2. The Kier molecular flexibility index (Phi) is 5.51. The highest BCUT2D eigenvalue weighted by Gasteiger charge is 2.09. The van der Waals surface area contributed by atoms with Gasteiger partial charge in [0.2, 0.25) is 11.1 Å². The summed E-state index contributed by atoms with van der Waals surface area (Å²) in [5.41, 5.74) is 2.28. The highest BCUT2D eigenvalue weighted by Crippen LogP contribution is 2.13. The Balaban J connectivity index is 1.81. The van der Waals surface area contributed by atoms with Crippen molar-refractivity contribution in [1.29, 1.82) is 0 Å². The van der Waals surface area contributed by atoms with Crippen LogP contribution in [0.25, 0.3) is 0 Å². The van der Waals surface area contributed by atoms with Crippen LogP contribution in [0.4, 0.5) is 0 Å². The molecule has 0 aliphatic carbocycles. The maximum absolute atomic E-state index is 11.9. The molecule has 0 aliphatic heterocycles. The molecule has 0 saturated carbocycles. The number of tetrazole rings is 1. The van der Waals surface area contributed by atoms with Crippen LogP contribution >= 0.6 is 11.8 Å². The van der Waals surface area contributed by atoms with Crippen molar-refractivity contribution in [1.82, 2.24) is 25.5 Å². The summed E-state index contributed by atoms with van der Waals surface area (Å²) in [4.78, 5) is 11.9. The van der Waals surface area contributed by atoms with Gasteiger partial charge in [-0.25, -0.2) is 4.68 Å². The monoisotopic (exact) mass is 303 g/mol. The van der Waals surface area contributed by atoms with Crippen LogP contribution in [0.5, 0.6) is 0 Å². The molecule has 2 aromatic rings. The average Bonchev–Trinajstić information content (AvgIpc) is 2.92. The summed E-state index contributed by atoms with van der Waals surface area (Å²) in [5, 5.41) is 14.8. The van der Waals surface area contributed by atoms with E-state index < -0.39 is 0 Å². The van der Waals surface area contributed by atoms with Crippen LogP contribution < -0.4 is 5.32 Å². The van der Waals surface area contributed by atoms with E-state index in [2.05, 4.69) is 27.4 Å². The Morgan fingerprint density at radius 2 is 2.29 bits per heavy atom. The Morgan fingerprint density at radius 3 is 3.05 bits per heavy atom. The number of nitrogens with one attached hydrogen (secondary N) is 1. The van der Waals surface area contributed by atoms with Gasteiger partial charge in [0.05, 0.1) is 12.3 Å². The first-order valence-corrected chi connectivity index (χ1v) is 7.50. The molecule has 21 heavy (non-hydrogen) atoms. The van der Waals surface area contributed by atoms with Gasteiger partial charge in [0.1, 0.15) is 0 Å². The van der Waals surface area contributed by atoms with E-state index in [4.69, 9.17) is 0 Å². The van der Waals surface area contributed by atoms with Gasteiger partial charge in [-0.1, -0.05) is 42.1 Å². The summed E-state index contributed by atoms with van der Waals surface area (Å²) in [6, 6.07) is 7.98. The largest absolute Gasteiger partial charge is 0.351 e. The molecule has 0 fully saturated rings. The number of nitrogens with zero attached hydrogens (tertiary/aromatic N) is 4. The zero-order valence-electron chi connectivity index (χ0n) is 11.8. The fraction of sp³-hybridized carbons (Fsp3) is 0.286. The van der Waals surface area contributed by atoms with E-state index in [1.165, 1.54) is 17.3 Å². The first-order chi connectivity index (χ1) is 10.2. The van der Waals surface area contributed by atoms with Crippen molar-refractivity contribution in [2.45, 2.75) is 25.2 Å².